The summed E-state index contributed by atoms with van der Waals surface area (Å²) < 4.78 is 7.17. The van der Waals surface area contributed by atoms with Gasteiger partial charge in [-0.15, -0.1) is 34.4 Å². The van der Waals surface area contributed by atoms with Gasteiger partial charge in [-0.05, 0) is 25.3 Å². The molecule has 22 heavy (non-hydrogen) atoms. The maximum absolute atomic E-state index is 12.0. The lowest BCUT2D eigenvalue weighted by atomic mass is 10.2. The van der Waals surface area contributed by atoms with Crippen molar-refractivity contribution in [3.63, 3.8) is 0 Å². The Bertz CT molecular complexity index is 806. The van der Waals surface area contributed by atoms with Crippen LogP contribution in [0, 0.1) is 0 Å². The fourth-order valence-corrected chi connectivity index (χ4v) is 5.10. The van der Waals surface area contributed by atoms with Crippen LogP contribution in [0.4, 0.5) is 5.69 Å². The summed E-state index contributed by atoms with van der Waals surface area (Å²) >= 11 is 4.52. The van der Waals surface area contributed by atoms with Gasteiger partial charge in [-0.3, -0.25) is 0 Å². The van der Waals surface area contributed by atoms with Crippen LogP contribution in [-0.2, 0) is 4.74 Å². The van der Waals surface area contributed by atoms with E-state index in [0.29, 0.717) is 17.2 Å². The van der Waals surface area contributed by atoms with E-state index in [1.165, 1.54) is 11.3 Å². The highest BCUT2D eigenvalue weighted by Gasteiger charge is 2.24. The Labute approximate surface area is 140 Å². The summed E-state index contributed by atoms with van der Waals surface area (Å²) in [7, 11) is 0. The maximum Gasteiger partial charge on any atom is 0.350 e. The Morgan fingerprint density at radius 1 is 1.36 bits per heavy atom. The van der Waals surface area contributed by atoms with Gasteiger partial charge in [-0.2, -0.15) is 0 Å². The van der Waals surface area contributed by atoms with Gasteiger partial charge in [0.15, 0.2) is 0 Å². The van der Waals surface area contributed by atoms with Crippen molar-refractivity contribution in [2.24, 2.45) is 0 Å². The first-order valence-electron chi connectivity index (χ1n) is 6.65. The first kappa shape index (κ1) is 15.3. The minimum absolute atomic E-state index is 0.335. The Morgan fingerprint density at radius 2 is 2.14 bits per heavy atom. The third-order valence-corrected chi connectivity index (χ3v) is 6.43. The highest BCUT2D eigenvalue weighted by molar-refractivity contribution is 8.00. The molecule has 4 nitrogen and oxygen atoms in total. The highest BCUT2D eigenvalue weighted by atomic mass is 32.2. The minimum Gasteiger partial charge on any atom is -0.462 e. The molecule has 0 bridgehead atoms. The Hall–Kier alpha value is -1.57. The molecule has 114 valence electrons. The van der Waals surface area contributed by atoms with Crippen LogP contribution >= 0.6 is 34.4 Å². The van der Waals surface area contributed by atoms with Crippen LogP contribution in [-0.4, -0.2) is 23.8 Å². The molecule has 3 aromatic rings. The van der Waals surface area contributed by atoms with Gasteiger partial charge >= 0.3 is 5.97 Å². The van der Waals surface area contributed by atoms with Crippen molar-refractivity contribution in [3.8, 4) is 10.6 Å². The van der Waals surface area contributed by atoms with Crippen LogP contribution in [0.1, 0.15) is 16.6 Å². The molecule has 0 fully saturated rings. The Morgan fingerprint density at radius 3 is 2.82 bits per heavy atom. The van der Waals surface area contributed by atoms with E-state index in [-0.39, 0.29) is 5.97 Å². The molecule has 2 heterocycles. The number of ether oxygens (including phenoxy) is 1. The molecule has 1 aromatic carbocycles. The van der Waals surface area contributed by atoms with Crippen molar-refractivity contribution >= 4 is 56.3 Å². The zero-order valence-corrected chi connectivity index (χ0v) is 14.5. The standard InChI is InChI=1S/C15H14N2O2S3/c1-3-19-14(18)12-11(16)10(15(20-2)22-12)13-17-8-6-4-5-7-9(8)21-13/h4-7H,3,16H2,1-2H3. The van der Waals surface area contributed by atoms with Crippen LogP contribution in [0.15, 0.2) is 28.5 Å². The molecule has 0 aliphatic heterocycles. The molecule has 2 aromatic heterocycles. The number of hydrogen-bond donors (Lipinski definition) is 1. The van der Waals surface area contributed by atoms with Gasteiger partial charge < -0.3 is 10.5 Å². The third kappa shape index (κ3) is 2.60. The summed E-state index contributed by atoms with van der Waals surface area (Å²) in [5, 5.41) is 0.842. The predicted octanol–water partition coefficient (Wildman–Crippen LogP) is 4.51. The van der Waals surface area contributed by atoms with E-state index in [0.717, 1.165) is 25.0 Å². The number of nitrogens with zero attached hydrogens (tertiary/aromatic N) is 1. The van der Waals surface area contributed by atoms with E-state index in [9.17, 15) is 4.79 Å². The number of benzene rings is 1. The summed E-state index contributed by atoms with van der Waals surface area (Å²) in [6.07, 6.45) is 1.97. The second-order valence-electron chi connectivity index (χ2n) is 4.42. The number of hydrogen-bond acceptors (Lipinski definition) is 7. The molecule has 0 radical (unpaired) electrons. The van der Waals surface area contributed by atoms with Gasteiger partial charge in [0, 0.05) is 0 Å². The summed E-state index contributed by atoms with van der Waals surface area (Å²) in [4.78, 5) is 17.1. The number of nitrogens with two attached hydrogens (primary N) is 1. The quantitative estimate of drug-likeness (QED) is 0.554. The molecule has 0 atom stereocenters. The molecule has 0 saturated carbocycles. The van der Waals surface area contributed by atoms with E-state index >= 15 is 0 Å². The monoisotopic (exact) mass is 350 g/mol. The van der Waals surface area contributed by atoms with Crippen molar-refractivity contribution < 1.29 is 9.53 Å². The fraction of sp³-hybridized carbons (Fsp3) is 0.200. The van der Waals surface area contributed by atoms with E-state index < -0.39 is 0 Å². The van der Waals surface area contributed by atoms with Crippen molar-refractivity contribution in [2.75, 3.05) is 18.6 Å². The molecule has 7 heteroatoms. The second-order valence-corrected chi connectivity index (χ2v) is 7.54. The highest BCUT2D eigenvalue weighted by Crippen LogP contribution is 2.46. The summed E-state index contributed by atoms with van der Waals surface area (Å²) in [5.74, 6) is -0.368. The average molecular weight is 350 g/mol. The topological polar surface area (TPSA) is 65.2 Å². The van der Waals surface area contributed by atoms with E-state index in [2.05, 4.69) is 4.98 Å². The lowest BCUT2D eigenvalue weighted by Gasteiger charge is -2.00. The average Bonchev–Trinajstić information content (AvgIpc) is 3.07. The number of esters is 1. The lowest BCUT2D eigenvalue weighted by molar-refractivity contribution is 0.0533. The minimum atomic E-state index is -0.368. The number of carbonyl (C=O) groups is 1. The van der Waals surface area contributed by atoms with Gasteiger partial charge in [0.05, 0.1) is 32.3 Å². The Balaban J connectivity index is 2.15. The van der Waals surface area contributed by atoms with Gasteiger partial charge in [-0.1, -0.05) is 12.1 Å². The first-order chi connectivity index (χ1) is 10.7. The van der Waals surface area contributed by atoms with Crippen molar-refractivity contribution in [1.29, 1.82) is 0 Å². The number of carbonyl (C=O) groups excluding carboxylic acids is 1. The van der Waals surface area contributed by atoms with E-state index in [4.69, 9.17) is 10.5 Å². The predicted molar refractivity (Wildman–Crippen MR) is 95.1 cm³/mol. The third-order valence-electron chi connectivity index (χ3n) is 3.07. The van der Waals surface area contributed by atoms with Crippen molar-refractivity contribution in [3.05, 3.63) is 29.1 Å². The molecule has 0 unspecified atom stereocenters. The molecule has 0 aliphatic carbocycles. The molecule has 0 amide bonds. The van der Waals surface area contributed by atoms with Crippen LogP contribution in [0.3, 0.4) is 0 Å². The normalized spacial score (nSPS) is 11.0. The Kier molecular flexibility index (Phi) is 4.37. The number of thiazole rings is 1. The van der Waals surface area contributed by atoms with Crippen LogP contribution in [0.5, 0.6) is 0 Å². The number of aromatic nitrogens is 1. The summed E-state index contributed by atoms with van der Waals surface area (Å²) in [5.41, 5.74) is 8.48. The van der Waals surface area contributed by atoms with E-state index in [1.54, 1.807) is 30.0 Å². The van der Waals surface area contributed by atoms with Gasteiger partial charge in [0.1, 0.15) is 9.88 Å². The number of rotatable bonds is 4. The smallest absolute Gasteiger partial charge is 0.350 e. The fourth-order valence-electron chi connectivity index (χ4n) is 2.10. The van der Waals surface area contributed by atoms with Crippen LogP contribution in [0.2, 0.25) is 0 Å². The zero-order valence-electron chi connectivity index (χ0n) is 12.1. The van der Waals surface area contributed by atoms with Gasteiger partial charge in [-0.25, -0.2) is 9.78 Å². The molecule has 0 saturated heterocycles. The molecular formula is C15H14N2O2S3. The molecule has 2 N–H and O–H groups in total. The van der Waals surface area contributed by atoms with Gasteiger partial charge in [0.25, 0.3) is 0 Å². The summed E-state index contributed by atoms with van der Waals surface area (Å²) in [6, 6.07) is 7.95. The SMILES string of the molecule is CCOC(=O)c1sc(SC)c(-c2nc3ccccc3s2)c1N. The van der Waals surface area contributed by atoms with Crippen molar-refractivity contribution in [2.45, 2.75) is 11.1 Å². The molecular weight excluding hydrogens is 336 g/mol. The lowest BCUT2D eigenvalue weighted by Crippen LogP contribution is -2.05. The number of para-hydroxylation sites is 1. The van der Waals surface area contributed by atoms with Crippen molar-refractivity contribution in [1.82, 2.24) is 4.98 Å². The first-order valence-corrected chi connectivity index (χ1v) is 9.50. The molecule has 0 spiro atoms. The largest absolute Gasteiger partial charge is 0.462 e. The van der Waals surface area contributed by atoms with Crippen LogP contribution in [0.25, 0.3) is 20.8 Å². The second kappa shape index (κ2) is 6.28. The number of nitrogen functional groups attached to an aromatic ring is 1. The van der Waals surface area contributed by atoms with Crippen LogP contribution < -0.4 is 5.73 Å². The molecule has 3 rings (SSSR count). The molecule has 0 aliphatic rings. The zero-order chi connectivity index (χ0) is 15.7. The summed E-state index contributed by atoms with van der Waals surface area (Å²) in [6.45, 7) is 2.12. The number of fused-ring (bicyclic) bond motifs is 1. The maximum atomic E-state index is 12.0. The van der Waals surface area contributed by atoms with Gasteiger partial charge in [0.2, 0.25) is 0 Å². The van der Waals surface area contributed by atoms with E-state index in [1.807, 2.05) is 30.5 Å². The number of thiophene rings is 1. The number of anilines is 1. The number of thioether (sulfide) groups is 1.